The van der Waals surface area contributed by atoms with Crippen molar-refractivity contribution in [3.05, 3.63) is 17.0 Å². The lowest BCUT2D eigenvalue weighted by atomic mass is 10.00. The van der Waals surface area contributed by atoms with E-state index >= 15 is 0 Å². The number of unbranched alkanes of at least 4 members (excludes halogenated alkanes) is 1. The molecule has 1 aromatic rings. The minimum Gasteiger partial charge on any atom is -0.327 e. The third-order valence-electron chi connectivity index (χ3n) is 3.63. The van der Waals surface area contributed by atoms with Crippen LogP contribution in [-0.4, -0.2) is 15.8 Å². The number of aryl methyl sites for hydroxylation is 2. The van der Waals surface area contributed by atoms with Crippen molar-refractivity contribution < 1.29 is 0 Å². The summed E-state index contributed by atoms with van der Waals surface area (Å²) in [4.78, 5) is 0. The molecule has 0 radical (unpaired) electrons. The lowest BCUT2D eigenvalue weighted by molar-refractivity contribution is 0.544. The fraction of sp³-hybridized carbons (Fsp3) is 0.800. The van der Waals surface area contributed by atoms with Crippen molar-refractivity contribution in [2.24, 2.45) is 5.73 Å². The van der Waals surface area contributed by atoms with E-state index in [4.69, 9.17) is 10.8 Å². The minimum absolute atomic E-state index is 0.268. The Bertz CT molecular complexity index is 355. The molecular weight excluding hydrogens is 222 g/mol. The van der Waals surface area contributed by atoms with Crippen molar-refractivity contribution >= 4 is 0 Å². The quantitative estimate of drug-likeness (QED) is 0.771. The molecule has 0 spiro atoms. The summed E-state index contributed by atoms with van der Waals surface area (Å²) < 4.78 is 2.22. The number of hydrogen-bond donors (Lipinski definition) is 1. The van der Waals surface area contributed by atoms with Gasteiger partial charge in [-0.25, -0.2) is 0 Å². The second kappa shape index (κ2) is 7.57. The summed E-state index contributed by atoms with van der Waals surface area (Å²) in [5.41, 5.74) is 10.2. The highest BCUT2D eigenvalue weighted by atomic mass is 15.3. The number of aromatic nitrogens is 2. The van der Waals surface area contributed by atoms with E-state index in [0.29, 0.717) is 0 Å². The van der Waals surface area contributed by atoms with E-state index in [9.17, 15) is 0 Å². The van der Waals surface area contributed by atoms with Crippen LogP contribution in [0.1, 0.15) is 63.9 Å². The summed E-state index contributed by atoms with van der Waals surface area (Å²) in [5, 5.41) is 4.79. The predicted octanol–water partition coefficient (Wildman–Crippen LogP) is 3.09. The lowest BCUT2D eigenvalue weighted by Gasteiger charge is -2.11. The maximum atomic E-state index is 6.12. The molecule has 0 bridgehead atoms. The molecular formula is C15H29N3. The van der Waals surface area contributed by atoms with Crippen molar-refractivity contribution in [3.63, 3.8) is 0 Å². The molecule has 0 aliphatic rings. The Morgan fingerprint density at radius 2 is 1.89 bits per heavy atom. The second-order valence-corrected chi connectivity index (χ2v) is 5.03. The highest BCUT2D eigenvalue weighted by Crippen LogP contribution is 2.19. The van der Waals surface area contributed by atoms with E-state index in [0.717, 1.165) is 32.2 Å². The standard InChI is InChI=1S/C15H29N3/c1-5-9-10-18-15(8-4)13(11-12(16)6-2)14(7-3)17-18/h12H,5-11,16H2,1-4H3. The van der Waals surface area contributed by atoms with E-state index in [1.54, 1.807) is 0 Å². The van der Waals surface area contributed by atoms with E-state index in [-0.39, 0.29) is 6.04 Å². The van der Waals surface area contributed by atoms with Gasteiger partial charge in [0, 0.05) is 18.3 Å². The highest BCUT2D eigenvalue weighted by molar-refractivity contribution is 5.28. The van der Waals surface area contributed by atoms with Crippen LogP contribution in [-0.2, 0) is 25.8 Å². The third-order valence-corrected chi connectivity index (χ3v) is 3.63. The first-order chi connectivity index (χ1) is 8.67. The normalized spacial score (nSPS) is 12.9. The molecule has 18 heavy (non-hydrogen) atoms. The minimum atomic E-state index is 0.268. The summed E-state index contributed by atoms with van der Waals surface area (Å²) >= 11 is 0. The van der Waals surface area contributed by atoms with Gasteiger partial charge in [-0.05, 0) is 37.7 Å². The van der Waals surface area contributed by atoms with E-state index in [2.05, 4.69) is 32.4 Å². The number of hydrogen-bond acceptors (Lipinski definition) is 2. The zero-order chi connectivity index (χ0) is 13.5. The summed E-state index contributed by atoms with van der Waals surface area (Å²) in [6, 6.07) is 0.268. The Kier molecular flexibility index (Phi) is 6.41. The summed E-state index contributed by atoms with van der Waals surface area (Å²) in [6.07, 6.45) is 6.51. The Hall–Kier alpha value is -0.830. The van der Waals surface area contributed by atoms with Crippen LogP contribution in [0.2, 0.25) is 0 Å². The first kappa shape index (κ1) is 15.2. The van der Waals surface area contributed by atoms with Gasteiger partial charge >= 0.3 is 0 Å². The fourth-order valence-electron chi connectivity index (χ4n) is 2.40. The maximum absolute atomic E-state index is 6.12. The molecule has 0 amide bonds. The average Bonchev–Trinajstić information content (AvgIpc) is 2.73. The van der Waals surface area contributed by atoms with E-state index < -0.39 is 0 Å². The van der Waals surface area contributed by atoms with Gasteiger partial charge in [0.05, 0.1) is 5.69 Å². The molecule has 1 aromatic heterocycles. The van der Waals surface area contributed by atoms with Crippen LogP contribution < -0.4 is 5.73 Å². The maximum Gasteiger partial charge on any atom is 0.0657 e. The Balaban J connectivity index is 3.00. The lowest BCUT2D eigenvalue weighted by Crippen LogP contribution is -2.22. The highest BCUT2D eigenvalue weighted by Gasteiger charge is 2.16. The molecule has 0 aliphatic heterocycles. The van der Waals surface area contributed by atoms with Gasteiger partial charge in [-0.15, -0.1) is 0 Å². The first-order valence-corrected chi connectivity index (χ1v) is 7.50. The van der Waals surface area contributed by atoms with Crippen LogP contribution in [0.15, 0.2) is 0 Å². The van der Waals surface area contributed by atoms with Crippen molar-refractivity contribution in [1.29, 1.82) is 0 Å². The largest absolute Gasteiger partial charge is 0.327 e. The van der Waals surface area contributed by atoms with Crippen LogP contribution in [0.4, 0.5) is 0 Å². The molecule has 0 aliphatic carbocycles. The average molecular weight is 251 g/mol. The van der Waals surface area contributed by atoms with Gasteiger partial charge in [0.15, 0.2) is 0 Å². The van der Waals surface area contributed by atoms with Gasteiger partial charge in [0.1, 0.15) is 0 Å². The smallest absolute Gasteiger partial charge is 0.0657 e. The molecule has 1 unspecified atom stereocenters. The van der Waals surface area contributed by atoms with Crippen LogP contribution in [0, 0.1) is 0 Å². The topological polar surface area (TPSA) is 43.8 Å². The van der Waals surface area contributed by atoms with Gasteiger partial charge in [0.2, 0.25) is 0 Å². The van der Waals surface area contributed by atoms with E-state index in [1.165, 1.54) is 29.8 Å². The van der Waals surface area contributed by atoms with Crippen molar-refractivity contribution in [2.75, 3.05) is 0 Å². The molecule has 3 heteroatoms. The zero-order valence-electron chi connectivity index (χ0n) is 12.5. The van der Waals surface area contributed by atoms with Crippen molar-refractivity contribution in [1.82, 2.24) is 9.78 Å². The summed E-state index contributed by atoms with van der Waals surface area (Å²) in [7, 11) is 0. The molecule has 0 fully saturated rings. The predicted molar refractivity (Wildman–Crippen MR) is 77.9 cm³/mol. The van der Waals surface area contributed by atoms with Crippen molar-refractivity contribution in [3.8, 4) is 0 Å². The van der Waals surface area contributed by atoms with Crippen LogP contribution in [0.25, 0.3) is 0 Å². The van der Waals surface area contributed by atoms with Gasteiger partial charge in [0.25, 0.3) is 0 Å². The molecule has 3 nitrogen and oxygen atoms in total. The zero-order valence-corrected chi connectivity index (χ0v) is 12.5. The van der Waals surface area contributed by atoms with Crippen LogP contribution >= 0.6 is 0 Å². The molecule has 1 rings (SSSR count). The van der Waals surface area contributed by atoms with Crippen molar-refractivity contribution in [2.45, 2.75) is 78.8 Å². The van der Waals surface area contributed by atoms with Gasteiger partial charge in [-0.1, -0.05) is 34.1 Å². The summed E-state index contributed by atoms with van der Waals surface area (Å²) in [5.74, 6) is 0. The molecule has 0 saturated heterocycles. The fourth-order valence-corrected chi connectivity index (χ4v) is 2.40. The van der Waals surface area contributed by atoms with E-state index in [1.807, 2.05) is 0 Å². The molecule has 1 atom stereocenters. The first-order valence-electron chi connectivity index (χ1n) is 7.50. The molecule has 0 aromatic carbocycles. The Labute approximate surface area is 112 Å². The monoisotopic (exact) mass is 251 g/mol. The molecule has 2 N–H and O–H groups in total. The van der Waals surface area contributed by atoms with Gasteiger partial charge in [-0.3, -0.25) is 4.68 Å². The SMILES string of the molecule is CCCCn1nc(CC)c(CC(N)CC)c1CC. The summed E-state index contributed by atoms with van der Waals surface area (Å²) in [6.45, 7) is 9.84. The second-order valence-electron chi connectivity index (χ2n) is 5.03. The third kappa shape index (κ3) is 3.58. The van der Waals surface area contributed by atoms with Gasteiger partial charge < -0.3 is 5.73 Å². The Morgan fingerprint density at radius 1 is 1.17 bits per heavy atom. The van der Waals surface area contributed by atoms with Gasteiger partial charge in [-0.2, -0.15) is 5.10 Å². The molecule has 104 valence electrons. The van der Waals surface area contributed by atoms with Crippen LogP contribution in [0.5, 0.6) is 0 Å². The number of nitrogens with zero attached hydrogens (tertiary/aromatic N) is 2. The molecule has 1 heterocycles. The van der Waals surface area contributed by atoms with Crippen LogP contribution in [0.3, 0.4) is 0 Å². The number of nitrogens with two attached hydrogens (primary N) is 1. The Morgan fingerprint density at radius 3 is 2.39 bits per heavy atom. The number of rotatable bonds is 8. The molecule has 0 saturated carbocycles.